The van der Waals surface area contributed by atoms with E-state index < -0.39 is 21.7 Å². The highest BCUT2D eigenvalue weighted by Gasteiger charge is 2.16. The lowest BCUT2D eigenvalue weighted by molar-refractivity contribution is 0.100. The summed E-state index contributed by atoms with van der Waals surface area (Å²) in [5, 5.41) is 0.118. The number of hydrogen-bond acceptors (Lipinski definition) is 3. The minimum Gasteiger partial charge on any atom is -0.366 e. The third-order valence-corrected chi connectivity index (χ3v) is 4.33. The summed E-state index contributed by atoms with van der Waals surface area (Å²) in [5.41, 5.74) is 5.25. The number of hydrogen-bond donors (Lipinski definition) is 2. The van der Waals surface area contributed by atoms with Gasteiger partial charge < -0.3 is 5.73 Å². The van der Waals surface area contributed by atoms with Gasteiger partial charge in [0.15, 0.2) is 0 Å². The Balaban J connectivity index is 2.35. The molecule has 0 spiro atoms. The van der Waals surface area contributed by atoms with Gasteiger partial charge in [0.2, 0.25) is 5.91 Å². The highest BCUT2D eigenvalue weighted by Crippen LogP contribution is 2.22. The topological polar surface area (TPSA) is 89.3 Å². The van der Waals surface area contributed by atoms with Gasteiger partial charge in [-0.25, -0.2) is 12.8 Å². The van der Waals surface area contributed by atoms with Crippen molar-refractivity contribution >= 4 is 33.2 Å². The van der Waals surface area contributed by atoms with Crippen LogP contribution in [-0.4, -0.2) is 14.3 Å². The Kier molecular flexibility index (Phi) is 4.15. The summed E-state index contributed by atoms with van der Waals surface area (Å²) in [4.78, 5) is 11.1. The fraction of sp³-hybridized carbons (Fsp3) is 0. The largest absolute Gasteiger partial charge is 0.366 e. The van der Waals surface area contributed by atoms with Crippen LogP contribution >= 0.6 is 11.6 Å². The van der Waals surface area contributed by atoms with Crippen molar-refractivity contribution in [3.8, 4) is 0 Å². The molecule has 0 bridgehead atoms. The summed E-state index contributed by atoms with van der Waals surface area (Å²) < 4.78 is 39.3. The molecule has 8 heteroatoms. The molecule has 0 heterocycles. The van der Waals surface area contributed by atoms with E-state index in [1.54, 1.807) is 0 Å². The van der Waals surface area contributed by atoms with Crippen LogP contribution in [0.15, 0.2) is 47.4 Å². The molecular formula is C13H10ClFN2O3S. The zero-order valence-electron chi connectivity index (χ0n) is 10.5. The first-order valence-corrected chi connectivity index (χ1v) is 7.53. The minimum atomic E-state index is -3.90. The molecule has 110 valence electrons. The summed E-state index contributed by atoms with van der Waals surface area (Å²) in [6.45, 7) is 0. The second kappa shape index (κ2) is 5.71. The number of rotatable bonds is 4. The van der Waals surface area contributed by atoms with Crippen LogP contribution in [0.4, 0.5) is 10.1 Å². The number of halogens is 2. The summed E-state index contributed by atoms with van der Waals surface area (Å²) in [7, 11) is -3.90. The van der Waals surface area contributed by atoms with E-state index in [0.717, 1.165) is 24.3 Å². The van der Waals surface area contributed by atoms with Gasteiger partial charge in [-0.05, 0) is 42.5 Å². The Morgan fingerprint density at radius 1 is 1.14 bits per heavy atom. The van der Waals surface area contributed by atoms with E-state index in [9.17, 15) is 17.6 Å². The van der Waals surface area contributed by atoms with Crippen molar-refractivity contribution in [2.45, 2.75) is 4.90 Å². The van der Waals surface area contributed by atoms with Gasteiger partial charge in [-0.3, -0.25) is 9.52 Å². The van der Waals surface area contributed by atoms with Crippen LogP contribution in [0.3, 0.4) is 0 Å². The van der Waals surface area contributed by atoms with Crippen LogP contribution in [0.5, 0.6) is 0 Å². The molecule has 0 fully saturated rings. The third-order valence-electron chi connectivity index (χ3n) is 2.61. The average molecular weight is 329 g/mol. The molecule has 0 aliphatic rings. The molecule has 0 aliphatic carbocycles. The lowest BCUT2D eigenvalue weighted by atomic mass is 10.2. The van der Waals surface area contributed by atoms with E-state index in [4.69, 9.17) is 17.3 Å². The van der Waals surface area contributed by atoms with E-state index >= 15 is 0 Å². The second-order valence-corrected chi connectivity index (χ2v) is 6.21. The highest BCUT2D eigenvalue weighted by molar-refractivity contribution is 7.92. The Morgan fingerprint density at radius 3 is 2.33 bits per heavy atom. The van der Waals surface area contributed by atoms with Gasteiger partial charge in [-0.1, -0.05) is 11.6 Å². The fourth-order valence-corrected chi connectivity index (χ4v) is 2.87. The Labute approximate surface area is 125 Å². The number of nitrogens with two attached hydrogens (primary N) is 1. The average Bonchev–Trinajstić information content (AvgIpc) is 2.41. The van der Waals surface area contributed by atoms with Gasteiger partial charge in [0.25, 0.3) is 10.0 Å². The molecule has 2 aromatic carbocycles. The van der Waals surface area contributed by atoms with Crippen molar-refractivity contribution in [2.75, 3.05) is 4.72 Å². The van der Waals surface area contributed by atoms with Crippen molar-refractivity contribution < 1.29 is 17.6 Å². The molecule has 0 unspecified atom stereocenters. The van der Waals surface area contributed by atoms with E-state index in [0.29, 0.717) is 0 Å². The van der Waals surface area contributed by atoms with Crippen molar-refractivity contribution in [3.63, 3.8) is 0 Å². The summed E-state index contributed by atoms with van der Waals surface area (Å²) in [6, 6.07) is 8.29. The Morgan fingerprint density at radius 2 is 1.76 bits per heavy atom. The lowest BCUT2D eigenvalue weighted by Gasteiger charge is -2.09. The number of nitrogens with one attached hydrogen (secondary N) is 1. The monoisotopic (exact) mass is 328 g/mol. The van der Waals surface area contributed by atoms with Crippen LogP contribution < -0.4 is 10.5 Å². The van der Waals surface area contributed by atoms with E-state index in [-0.39, 0.29) is 21.2 Å². The maximum absolute atomic E-state index is 12.8. The van der Waals surface area contributed by atoms with E-state index in [2.05, 4.69) is 4.72 Å². The van der Waals surface area contributed by atoms with Crippen LogP contribution in [-0.2, 0) is 10.0 Å². The Bertz CT molecular complexity index is 792. The number of primary amides is 1. The molecule has 2 rings (SSSR count). The maximum atomic E-state index is 12.8. The minimum absolute atomic E-state index is 0.00373. The van der Waals surface area contributed by atoms with Gasteiger partial charge in [0.1, 0.15) is 5.82 Å². The van der Waals surface area contributed by atoms with Crippen molar-refractivity contribution in [1.82, 2.24) is 0 Å². The lowest BCUT2D eigenvalue weighted by Crippen LogP contribution is -2.15. The van der Waals surface area contributed by atoms with Crippen LogP contribution in [0.2, 0.25) is 5.02 Å². The van der Waals surface area contributed by atoms with Crippen LogP contribution in [0, 0.1) is 5.82 Å². The molecule has 0 radical (unpaired) electrons. The van der Waals surface area contributed by atoms with E-state index in [1.807, 2.05) is 0 Å². The number of benzene rings is 2. The molecule has 0 saturated carbocycles. The van der Waals surface area contributed by atoms with Crippen molar-refractivity contribution in [3.05, 3.63) is 58.9 Å². The molecule has 0 saturated heterocycles. The van der Waals surface area contributed by atoms with Crippen LogP contribution in [0.1, 0.15) is 10.4 Å². The predicted octanol–water partition coefficient (Wildman–Crippen LogP) is 2.38. The van der Waals surface area contributed by atoms with Gasteiger partial charge in [-0.15, -0.1) is 0 Å². The number of sulfonamides is 1. The smallest absolute Gasteiger partial charge is 0.261 e. The molecule has 5 nitrogen and oxygen atoms in total. The van der Waals surface area contributed by atoms with Crippen molar-refractivity contribution in [2.24, 2.45) is 5.73 Å². The molecule has 1 amide bonds. The predicted molar refractivity (Wildman–Crippen MR) is 77.2 cm³/mol. The number of amides is 1. The standard InChI is InChI=1S/C13H10ClFN2O3S/c14-12-6-3-9(7-11(12)13(16)18)17-21(19,20)10-4-1-8(15)2-5-10/h1-7,17H,(H2,16,18). The quantitative estimate of drug-likeness (QED) is 0.903. The second-order valence-electron chi connectivity index (χ2n) is 4.12. The number of anilines is 1. The third kappa shape index (κ3) is 3.50. The molecule has 0 aliphatic heterocycles. The van der Waals surface area contributed by atoms with Gasteiger partial charge in [0.05, 0.1) is 15.5 Å². The molecule has 0 aromatic heterocycles. The summed E-state index contributed by atoms with van der Waals surface area (Å²) in [6.07, 6.45) is 0. The van der Waals surface area contributed by atoms with Crippen LogP contribution in [0.25, 0.3) is 0 Å². The Hall–Kier alpha value is -2.12. The SMILES string of the molecule is NC(=O)c1cc(NS(=O)(=O)c2ccc(F)cc2)ccc1Cl. The first kappa shape index (κ1) is 15.3. The molecular weight excluding hydrogens is 319 g/mol. The van der Waals surface area contributed by atoms with Gasteiger partial charge in [0, 0.05) is 5.69 Å². The first-order chi connectivity index (χ1) is 9.79. The van der Waals surface area contributed by atoms with Gasteiger partial charge >= 0.3 is 0 Å². The number of carbonyl (C=O) groups is 1. The first-order valence-electron chi connectivity index (χ1n) is 5.67. The van der Waals surface area contributed by atoms with E-state index in [1.165, 1.54) is 18.2 Å². The maximum Gasteiger partial charge on any atom is 0.261 e. The van der Waals surface area contributed by atoms with Crippen molar-refractivity contribution in [1.29, 1.82) is 0 Å². The molecule has 21 heavy (non-hydrogen) atoms. The molecule has 0 atom stereocenters. The molecule has 2 aromatic rings. The fourth-order valence-electron chi connectivity index (χ4n) is 1.61. The zero-order valence-corrected chi connectivity index (χ0v) is 12.1. The summed E-state index contributed by atoms with van der Waals surface area (Å²) in [5.74, 6) is -1.32. The normalized spacial score (nSPS) is 11.1. The number of carbonyl (C=O) groups excluding carboxylic acids is 1. The van der Waals surface area contributed by atoms with Gasteiger partial charge in [-0.2, -0.15) is 0 Å². The highest BCUT2D eigenvalue weighted by atomic mass is 35.5. The zero-order chi connectivity index (χ0) is 15.6. The molecule has 3 N–H and O–H groups in total. The summed E-state index contributed by atoms with van der Waals surface area (Å²) >= 11 is 5.78.